The van der Waals surface area contributed by atoms with E-state index in [-0.39, 0.29) is 12.1 Å². The van der Waals surface area contributed by atoms with E-state index in [0.29, 0.717) is 6.42 Å². The van der Waals surface area contributed by atoms with Crippen LogP contribution >= 0.6 is 0 Å². The van der Waals surface area contributed by atoms with Gasteiger partial charge in [0, 0.05) is 17.6 Å². The van der Waals surface area contributed by atoms with Gasteiger partial charge in [0.15, 0.2) is 0 Å². The first-order chi connectivity index (χ1) is 9.10. The van der Waals surface area contributed by atoms with Gasteiger partial charge < -0.3 is 15.2 Å². The maximum absolute atomic E-state index is 9.41. The van der Waals surface area contributed by atoms with E-state index in [0.717, 1.165) is 22.3 Å². The van der Waals surface area contributed by atoms with Crippen LogP contribution in [0.4, 0.5) is 5.82 Å². The third-order valence-corrected chi connectivity index (χ3v) is 3.05. The van der Waals surface area contributed by atoms with Crippen LogP contribution in [-0.2, 0) is 0 Å². The molecule has 0 aliphatic heterocycles. The first-order valence-electron chi connectivity index (χ1n) is 6.47. The number of pyridine rings is 1. The average Bonchev–Trinajstić information content (AvgIpc) is 2.37. The number of benzene rings is 1. The van der Waals surface area contributed by atoms with Gasteiger partial charge in [0.1, 0.15) is 11.6 Å². The third kappa shape index (κ3) is 3.35. The Morgan fingerprint density at radius 2 is 2.11 bits per heavy atom. The van der Waals surface area contributed by atoms with Crippen molar-refractivity contribution in [3.05, 3.63) is 30.5 Å². The highest BCUT2D eigenvalue weighted by molar-refractivity contribution is 5.92. The number of anilines is 1. The van der Waals surface area contributed by atoms with E-state index in [1.54, 1.807) is 20.2 Å². The average molecular weight is 260 g/mol. The monoisotopic (exact) mass is 260 g/mol. The first kappa shape index (κ1) is 13.6. The van der Waals surface area contributed by atoms with Gasteiger partial charge in [0.25, 0.3) is 0 Å². The van der Waals surface area contributed by atoms with Crippen molar-refractivity contribution < 1.29 is 9.84 Å². The van der Waals surface area contributed by atoms with Gasteiger partial charge in [0.05, 0.1) is 13.2 Å². The van der Waals surface area contributed by atoms with Crippen molar-refractivity contribution in [3.8, 4) is 5.75 Å². The molecule has 0 fully saturated rings. The molecule has 2 aromatic rings. The molecule has 2 rings (SSSR count). The SMILES string of the molecule is COc1ccc2c(NC(C)CC(C)O)nccc2c1. The predicted molar refractivity (Wildman–Crippen MR) is 77.7 cm³/mol. The molecule has 102 valence electrons. The number of hydrogen-bond acceptors (Lipinski definition) is 4. The number of ether oxygens (including phenoxy) is 1. The Bertz CT molecular complexity index is 555. The Kier molecular flexibility index (Phi) is 4.22. The van der Waals surface area contributed by atoms with Crippen molar-refractivity contribution in [3.63, 3.8) is 0 Å². The van der Waals surface area contributed by atoms with Crippen LogP contribution in [0.1, 0.15) is 20.3 Å². The van der Waals surface area contributed by atoms with Crippen LogP contribution in [0.3, 0.4) is 0 Å². The molecule has 0 aliphatic carbocycles. The second kappa shape index (κ2) is 5.89. The summed E-state index contributed by atoms with van der Waals surface area (Å²) < 4.78 is 5.22. The number of nitrogens with zero attached hydrogens (tertiary/aromatic N) is 1. The lowest BCUT2D eigenvalue weighted by Crippen LogP contribution is -2.21. The number of aromatic nitrogens is 1. The van der Waals surface area contributed by atoms with Gasteiger partial charge >= 0.3 is 0 Å². The number of aliphatic hydroxyl groups excluding tert-OH is 1. The van der Waals surface area contributed by atoms with E-state index < -0.39 is 0 Å². The second-order valence-corrected chi connectivity index (χ2v) is 4.88. The predicted octanol–water partition coefficient (Wildman–Crippen LogP) is 2.81. The molecular formula is C15H20N2O2. The maximum Gasteiger partial charge on any atom is 0.134 e. The zero-order valence-electron chi connectivity index (χ0n) is 11.6. The molecule has 19 heavy (non-hydrogen) atoms. The highest BCUT2D eigenvalue weighted by Gasteiger charge is 2.09. The van der Waals surface area contributed by atoms with E-state index in [2.05, 4.69) is 10.3 Å². The topological polar surface area (TPSA) is 54.4 Å². The smallest absolute Gasteiger partial charge is 0.134 e. The summed E-state index contributed by atoms with van der Waals surface area (Å²) in [6, 6.07) is 8.04. The van der Waals surface area contributed by atoms with Crippen molar-refractivity contribution in [2.45, 2.75) is 32.4 Å². The highest BCUT2D eigenvalue weighted by atomic mass is 16.5. The number of fused-ring (bicyclic) bond motifs is 1. The minimum atomic E-state index is -0.322. The Hall–Kier alpha value is -1.81. The summed E-state index contributed by atoms with van der Waals surface area (Å²) in [6.45, 7) is 3.83. The molecule has 0 spiro atoms. The normalized spacial score (nSPS) is 14.1. The fourth-order valence-corrected chi connectivity index (χ4v) is 2.20. The zero-order valence-corrected chi connectivity index (χ0v) is 11.6. The first-order valence-corrected chi connectivity index (χ1v) is 6.47. The van der Waals surface area contributed by atoms with E-state index in [4.69, 9.17) is 4.74 Å². The molecule has 0 saturated carbocycles. The van der Waals surface area contributed by atoms with Crippen LogP contribution in [0.5, 0.6) is 5.75 Å². The summed E-state index contributed by atoms with van der Waals surface area (Å²) in [5.74, 6) is 1.68. The molecule has 1 aromatic heterocycles. The zero-order chi connectivity index (χ0) is 13.8. The maximum atomic E-state index is 9.41. The molecular weight excluding hydrogens is 240 g/mol. The number of aliphatic hydroxyl groups is 1. The fourth-order valence-electron chi connectivity index (χ4n) is 2.20. The fraction of sp³-hybridized carbons (Fsp3) is 0.400. The molecule has 0 bridgehead atoms. The number of methoxy groups -OCH3 is 1. The lowest BCUT2D eigenvalue weighted by Gasteiger charge is -2.17. The number of rotatable bonds is 5. The minimum absolute atomic E-state index is 0.167. The van der Waals surface area contributed by atoms with Crippen LogP contribution < -0.4 is 10.1 Å². The molecule has 1 heterocycles. The lowest BCUT2D eigenvalue weighted by molar-refractivity contribution is 0.179. The van der Waals surface area contributed by atoms with Crippen LogP contribution in [0.25, 0.3) is 10.8 Å². The van der Waals surface area contributed by atoms with Crippen molar-refractivity contribution >= 4 is 16.6 Å². The lowest BCUT2D eigenvalue weighted by atomic mass is 10.1. The summed E-state index contributed by atoms with van der Waals surface area (Å²) in [6.07, 6.45) is 2.14. The summed E-state index contributed by atoms with van der Waals surface area (Å²) in [5, 5.41) is 14.9. The molecule has 4 nitrogen and oxygen atoms in total. The van der Waals surface area contributed by atoms with Crippen molar-refractivity contribution in [2.24, 2.45) is 0 Å². The summed E-state index contributed by atoms with van der Waals surface area (Å²) in [5.41, 5.74) is 0. The number of hydrogen-bond donors (Lipinski definition) is 2. The van der Waals surface area contributed by atoms with Gasteiger partial charge in [-0.15, -0.1) is 0 Å². The summed E-state index contributed by atoms with van der Waals surface area (Å²) in [7, 11) is 1.66. The van der Waals surface area contributed by atoms with Crippen molar-refractivity contribution in [1.82, 2.24) is 4.98 Å². The molecule has 0 aliphatic rings. The quantitative estimate of drug-likeness (QED) is 0.868. The minimum Gasteiger partial charge on any atom is -0.497 e. The molecule has 4 heteroatoms. The van der Waals surface area contributed by atoms with Gasteiger partial charge in [-0.1, -0.05) is 0 Å². The third-order valence-electron chi connectivity index (χ3n) is 3.05. The van der Waals surface area contributed by atoms with Gasteiger partial charge in [-0.3, -0.25) is 0 Å². The van der Waals surface area contributed by atoms with E-state index in [9.17, 15) is 5.11 Å². The van der Waals surface area contributed by atoms with Crippen molar-refractivity contribution in [1.29, 1.82) is 0 Å². The Labute approximate surface area is 113 Å². The van der Waals surface area contributed by atoms with Gasteiger partial charge in [-0.2, -0.15) is 0 Å². The van der Waals surface area contributed by atoms with E-state index >= 15 is 0 Å². The van der Waals surface area contributed by atoms with Crippen LogP contribution in [0.2, 0.25) is 0 Å². The van der Waals surface area contributed by atoms with Crippen LogP contribution in [0.15, 0.2) is 30.5 Å². The van der Waals surface area contributed by atoms with Crippen LogP contribution in [0, 0.1) is 0 Å². The van der Waals surface area contributed by atoms with E-state index in [1.165, 1.54) is 0 Å². The van der Waals surface area contributed by atoms with E-state index in [1.807, 2.05) is 31.2 Å². The Morgan fingerprint density at radius 1 is 1.32 bits per heavy atom. The van der Waals surface area contributed by atoms with Crippen molar-refractivity contribution in [2.75, 3.05) is 12.4 Å². The molecule has 0 amide bonds. The molecule has 2 atom stereocenters. The van der Waals surface area contributed by atoms with Gasteiger partial charge in [-0.05, 0) is 49.9 Å². The highest BCUT2D eigenvalue weighted by Crippen LogP contribution is 2.25. The Morgan fingerprint density at radius 3 is 2.79 bits per heavy atom. The molecule has 0 radical (unpaired) electrons. The molecule has 0 saturated heterocycles. The molecule has 1 aromatic carbocycles. The standard InChI is InChI=1S/C15H20N2O2/c1-10(8-11(2)18)17-15-14-5-4-13(19-3)9-12(14)6-7-16-15/h4-7,9-11,18H,8H2,1-3H3,(H,16,17). The van der Waals surface area contributed by atoms with Gasteiger partial charge in [0.2, 0.25) is 0 Å². The summed E-state index contributed by atoms with van der Waals surface area (Å²) >= 11 is 0. The second-order valence-electron chi connectivity index (χ2n) is 4.88. The molecule has 2 unspecified atom stereocenters. The largest absolute Gasteiger partial charge is 0.497 e. The molecule has 2 N–H and O–H groups in total. The number of nitrogens with one attached hydrogen (secondary N) is 1. The van der Waals surface area contributed by atoms with Gasteiger partial charge in [-0.25, -0.2) is 4.98 Å². The summed E-state index contributed by atoms with van der Waals surface area (Å²) in [4.78, 5) is 4.38. The Balaban J connectivity index is 2.28. The van der Waals surface area contributed by atoms with Crippen LogP contribution in [-0.4, -0.2) is 29.3 Å².